The average Bonchev–Trinajstić information content (AvgIpc) is 2.44. The molecule has 1 aromatic rings. The van der Waals surface area contributed by atoms with Crippen molar-refractivity contribution in [1.82, 2.24) is 4.90 Å². The van der Waals surface area contributed by atoms with E-state index in [1.54, 1.807) is 6.07 Å². The van der Waals surface area contributed by atoms with Crippen LogP contribution in [0.2, 0.25) is 0 Å². The molecule has 0 radical (unpaired) electrons. The van der Waals surface area contributed by atoms with Crippen LogP contribution in [0.15, 0.2) is 24.3 Å². The van der Waals surface area contributed by atoms with E-state index in [9.17, 15) is 4.39 Å². The molecule has 2 atom stereocenters. The second-order valence-corrected chi connectivity index (χ2v) is 6.10. The smallest absolute Gasteiger partial charge is 0.128 e. The highest BCUT2D eigenvalue weighted by molar-refractivity contribution is 5.27. The normalized spacial score (nSPS) is 16.0. The van der Waals surface area contributed by atoms with Crippen molar-refractivity contribution < 1.29 is 4.39 Å². The topological polar surface area (TPSA) is 29.3 Å². The van der Waals surface area contributed by atoms with Gasteiger partial charge in [0.15, 0.2) is 0 Å². The quantitative estimate of drug-likeness (QED) is 0.736. The molecule has 0 fully saturated rings. The monoisotopic (exact) mass is 294 g/mol. The highest BCUT2D eigenvalue weighted by atomic mass is 19.1. The molecular weight excluding hydrogens is 263 g/mol. The largest absolute Gasteiger partial charge is 0.320 e. The van der Waals surface area contributed by atoms with Gasteiger partial charge in [0.25, 0.3) is 0 Å². The predicted octanol–water partition coefficient (Wildman–Crippen LogP) is 4.29. The van der Waals surface area contributed by atoms with E-state index in [2.05, 4.69) is 25.7 Å². The molecule has 0 saturated carbocycles. The van der Waals surface area contributed by atoms with Gasteiger partial charge in [0.1, 0.15) is 5.82 Å². The molecule has 21 heavy (non-hydrogen) atoms. The Kier molecular flexibility index (Phi) is 7.33. The fourth-order valence-corrected chi connectivity index (χ4v) is 3.21. The van der Waals surface area contributed by atoms with Crippen LogP contribution >= 0.6 is 0 Å². The van der Waals surface area contributed by atoms with Crippen molar-refractivity contribution >= 4 is 0 Å². The molecule has 0 heterocycles. The number of benzene rings is 1. The summed E-state index contributed by atoms with van der Waals surface area (Å²) in [5, 5.41) is 0. The van der Waals surface area contributed by atoms with Crippen molar-refractivity contribution in [3.63, 3.8) is 0 Å². The van der Waals surface area contributed by atoms with Gasteiger partial charge in [-0.15, -0.1) is 0 Å². The van der Waals surface area contributed by atoms with Gasteiger partial charge >= 0.3 is 0 Å². The lowest BCUT2D eigenvalue weighted by Gasteiger charge is -2.42. The van der Waals surface area contributed by atoms with Crippen LogP contribution in [0.5, 0.6) is 0 Å². The zero-order chi connectivity index (χ0) is 15.9. The fourth-order valence-electron chi connectivity index (χ4n) is 3.21. The molecule has 0 spiro atoms. The van der Waals surface area contributed by atoms with Gasteiger partial charge in [-0.3, -0.25) is 4.90 Å². The Morgan fingerprint density at radius 1 is 1.10 bits per heavy atom. The average molecular weight is 294 g/mol. The van der Waals surface area contributed by atoms with Gasteiger partial charge in [0.2, 0.25) is 0 Å². The van der Waals surface area contributed by atoms with Gasteiger partial charge in [0.05, 0.1) is 5.54 Å². The third-order valence-corrected chi connectivity index (χ3v) is 4.17. The van der Waals surface area contributed by atoms with Crippen molar-refractivity contribution in [3.8, 4) is 0 Å². The van der Waals surface area contributed by atoms with E-state index < -0.39 is 5.54 Å². The molecule has 2 N–H and O–H groups in total. The number of nitrogens with two attached hydrogens (primary N) is 1. The fraction of sp³-hybridized carbons (Fsp3) is 0.667. The summed E-state index contributed by atoms with van der Waals surface area (Å²) in [5.41, 5.74) is 6.60. The van der Waals surface area contributed by atoms with Crippen LogP contribution in [0.4, 0.5) is 4.39 Å². The lowest BCUT2D eigenvalue weighted by atomic mass is 9.81. The van der Waals surface area contributed by atoms with Gasteiger partial charge in [-0.1, -0.05) is 45.4 Å². The summed E-state index contributed by atoms with van der Waals surface area (Å²) in [6, 6.07) is 7.09. The van der Waals surface area contributed by atoms with E-state index in [-0.39, 0.29) is 11.9 Å². The number of nitrogens with zero attached hydrogens (tertiary/aromatic N) is 1. The lowest BCUT2D eigenvalue weighted by Crippen LogP contribution is -2.55. The summed E-state index contributed by atoms with van der Waals surface area (Å²) >= 11 is 0. The Bertz CT molecular complexity index is 411. The van der Waals surface area contributed by atoms with Crippen molar-refractivity contribution in [2.45, 2.75) is 65.0 Å². The molecule has 3 heteroatoms. The van der Waals surface area contributed by atoms with Crippen molar-refractivity contribution in [3.05, 3.63) is 35.6 Å². The van der Waals surface area contributed by atoms with Crippen LogP contribution in [0, 0.1) is 5.82 Å². The van der Waals surface area contributed by atoms with Gasteiger partial charge in [-0.25, -0.2) is 4.39 Å². The third kappa shape index (κ3) is 4.52. The molecule has 0 aliphatic rings. The Labute approximate surface area is 129 Å². The zero-order valence-corrected chi connectivity index (χ0v) is 14.0. The Balaban J connectivity index is 3.14. The van der Waals surface area contributed by atoms with Crippen LogP contribution in [0.3, 0.4) is 0 Å². The minimum atomic E-state index is -0.675. The predicted molar refractivity (Wildman–Crippen MR) is 88.8 cm³/mol. The minimum Gasteiger partial charge on any atom is -0.320 e. The van der Waals surface area contributed by atoms with E-state index in [1.807, 2.05) is 19.1 Å². The maximum absolute atomic E-state index is 14.2. The van der Waals surface area contributed by atoms with E-state index in [0.29, 0.717) is 5.56 Å². The Hall–Kier alpha value is -0.930. The van der Waals surface area contributed by atoms with E-state index in [1.165, 1.54) is 6.07 Å². The van der Waals surface area contributed by atoms with Gasteiger partial charge in [-0.05, 0) is 45.3 Å². The van der Waals surface area contributed by atoms with E-state index >= 15 is 0 Å². The van der Waals surface area contributed by atoms with Crippen molar-refractivity contribution in [1.29, 1.82) is 0 Å². The zero-order valence-electron chi connectivity index (χ0n) is 14.0. The van der Waals surface area contributed by atoms with Crippen LogP contribution in [0.1, 0.15) is 58.9 Å². The van der Waals surface area contributed by atoms with E-state index in [4.69, 9.17) is 5.73 Å². The SMILES string of the molecule is CCCC(N(CCC)CCC)C(C)(N)c1ccccc1F. The highest BCUT2D eigenvalue weighted by Gasteiger charge is 2.36. The highest BCUT2D eigenvalue weighted by Crippen LogP contribution is 2.30. The van der Waals surface area contributed by atoms with Crippen LogP contribution in [-0.4, -0.2) is 24.0 Å². The number of rotatable bonds is 9. The van der Waals surface area contributed by atoms with Crippen LogP contribution in [0.25, 0.3) is 0 Å². The van der Waals surface area contributed by atoms with E-state index in [0.717, 1.165) is 38.8 Å². The second-order valence-electron chi connectivity index (χ2n) is 6.10. The second kappa shape index (κ2) is 8.50. The molecule has 0 saturated heterocycles. The van der Waals surface area contributed by atoms with Crippen LogP contribution in [-0.2, 0) is 5.54 Å². The molecule has 1 aromatic carbocycles. The molecule has 0 amide bonds. The Morgan fingerprint density at radius 2 is 1.67 bits per heavy atom. The standard InChI is InChI=1S/C18H31FN2/c1-5-10-17(21(13-6-2)14-7-3)18(4,20)15-11-8-9-12-16(15)19/h8-9,11-12,17H,5-7,10,13-14,20H2,1-4H3. The van der Waals surface area contributed by atoms with Gasteiger partial charge < -0.3 is 5.73 Å². The number of halogens is 1. The lowest BCUT2D eigenvalue weighted by molar-refractivity contribution is 0.115. The first-order valence-electron chi connectivity index (χ1n) is 8.26. The molecule has 0 aromatic heterocycles. The molecule has 2 unspecified atom stereocenters. The summed E-state index contributed by atoms with van der Waals surface area (Å²) in [6.45, 7) is 10.5. The molecule has 1 rings (SSSR count). The van der Waals surface area contributed by atoms with Crippen molar-refractivity contribution in [2.75, 3.05) is 13.1 Å². The Morgan fingerprint density at radius 3 is 2.14 bits per heavy atom. The van der Waals surface area contributed by atoms with Crippen LogP contribution < -0.4 is 5.73 Å². The first kappa shape index (κ1) is 18.1. The molecule has 2 nitrogen and oxygen atoms in total. The summed E-state index contributed by atoms with van der Waals surface area (Å²) in [5.74, 6) is -0.198. The van der Waals surface area contributed by atoms with Gasteiger partial charge in [-0.2, -0.15) is 0 Å². The van der Waals surface area contributed by atoms with Gasteiger partial charge in [0, 0.05) is 11.6 Å². The van der Waals surface area contributed by atoms with Crippen molar-refractivity contribution in [2.24, 2.45) is 5.73 Å². The minimum absolute atomic E-state index is 0.166. The summed E-state index contributed by atoms with van der Waals surface area (Å²) < 4.78 is 14.2. The first-order chi connectivity index (χ1) is 9.98. The maximum atomic E-state index is 14.2. The first-order valence-corrected chi connectivity index (χ1v) is 8.26. The number of hydrogen-bond donors (Lipinski definition) is 1. The summed E-state index contributed by atoms with van der Waals surface area (Å²) in [6.07, 6.45) is 4.22. The molecule has 0 bridgehead atoms. The maximum Gasteiger partial charge on any atom is 0.128 e. The summed E-state index contributed by atoms with van der Waals surface area (Å²) in [7, 11) is 0. The summed E-state index contributed by atoms with van der Waals surface area (Å²) in [4.78, 5) is 2.44. The molecule has 0 aliphatic carbocycles. The molecular formula is C18H31FN2. The number of hydrogen-bond acceptors (Lipinski definition) is 2. The molecule has 0 aliphatic heterocycles. The molecule has 120 valence electrons. The third-order valence-electron chi connectivity index (χ3n) is 4.17.